The Morgan fingerprint density at radius 2 is 2.24 bits per heavy atom. The Morgan fingerprint density at radius 3 is 2.76 bits per heavy atom. The van der Waals surface area contributed by atoms with E-state index >= 15 is 0 Å². The summed E-state index contributed by atoms with van der Waals surface area (Å²) in [4.78, 5) is 10.8. The Balaban J connectivity index is 2.96. The van der Waals surface area contributed by atoms with Crippen LogP contribution in [0.2, 0.25) is 0 Å². The molecule has 1 aromatic carbocycles. The fourth-order valence-corrected chi connectivity index (χ4v) is 2.49. The van der Waals surface area contributed by atoms with Gasteiger partial charge in [0.2, 0.25) is 0 Å². The number of ether oxygens (including phenoxy) is 1. The van der Waals surface area contributed by atoms with E-state index in [-0.39, 0.29) is 15.4 Å². The molecule has 0 heterocycles. The fraction of sp³-hybridized carbons (Fsp3) is 0.500. The Morgan fingerprint density at radius 1 is 1.53 bits per heavy atom. The summed E-state index contributed by atoms with van der Waals surface area (Å²) in [6, 6.07) is 4.85. The van der Waals surface area contributed by atoms with E-state index in [0.717, 1.165) is 12.8 Å². The van der Waals surface area contributed by atoms with Gasteiger partial charge in [0, 0.05) is 16.5 Å². The first kappa shape index (κ1) is 14.0. The number of alkyl halides is 1. The number of rotatable bonds is 6. The van der Waals surface area contributed by atoms with Crippen LogP contribution in [0.3, 0.4) is 0 Å². The molecule has 0 saturated carbocycles. The van der Waals surface area contributed by atoms with E-state index in [1.54, 1.807) is 19.2 Å². The first-order valence-electron chi connectivity index (χ1n) is 5.53. The fourth-order valence-electron chi connectivity index (χ4n) is 1.68. The number of nitro benzene ring substituents is 1. The van der Waals surface area contributed by atoms with Crippen molar-refractivity contribution in [3.8, 4) is 5.75 Å². The van der Waals surface area contributed by atoms with Gasteiger partial charge in [-0.3, -0.25) is 10.1 Å². The molecule has 0 N–H and O–H groups in total. The van der Waals surface area contributed by atoms with E-state index in [1.165, 1.54) is 6.07 Å². The first-order valence-corrected chi connectivity index (χ1v) is 6.45. The number of hydrogen-bond acceptors (Lipinski definition) is 3. The van der Waals surface area contributed by atoms with Gasteiger partial charge in [-0.1, -0.05) is 29.3 Å². The number of hydrogen-bond donors (Lipinski definition) is 0. The third-order valence-corrected chi connectivity index (χ3v) is 3.31. The van der Waals surface area contributed by atoms with Crippen molar-refractivity contribution in [2.24, 2.45) is 0 Å². The van der Waals surface area contributed by atoms with Crippen molar-refractivity contribution in [1.29, 1.82) is 0 Å². The molecule has 0 aliphatic rings. The van der Waals surface area contributed by atoms with E-state index in [2.05, 4.69) is 22.9 Å². The lowest BCUT2D eigenvalue weighted by Gasteiger charge is -2.10. The summed E-state index contributed by atoms with van der Waals surface area (Å²) in [5.41, 5.74) is 0.871. The summed E-state index contributed by atoms with van der Waals surface area (Å²) < 4.78 is 5.09. The van der Waals surface area contributed by atoms with Crippen LogP contribution in [0.5, 0.6) is 5.75 Å². The van der Waals surface area contributed by atoms with E-state index < -0.39 is 0 Å². The van der Waals surface area contributed by atoms with Crippen molar-refractivity contribution in [3.05, 3.63) is 33.9 Å². The Bertz CT molecular complexity index is 395. The second kappa shape index (κ2) is 6.59. The minimum atomic E-state index is -0.347. The molecule has 0 saturated heterocycles. The van der Waals surface area contributed by atoms with Crippen molar-refractivity contribution >= 4 is 21.6 Å². The molecule has 0 aliphatic carbocycles. The van der Waals surface area contributed by atoms with Gasteiger partial charge in [0.1, 0.15) is 5.75 Å². The predicted octanol–water partition coefficient (Wildman–Crippen LogP) is 3.71. The lowest BCUT2D eigenvalue weighted by Crippen LogP contribution is -2.05. The highest BCUT2D eigenvalue weighted by Gasteiger charge is 2.17. The number of nitrogens with zero attached hydrogens (tertiary/aromatic N) is 1. The molecule has 1 rings (SSSR count). The second-order valence-electron chi connectivity index (χ2n) is 3.84. The van der Waals surface area contributed by atoms with Crippen LogP contribution in [-0.2, 0) is 6.42 Å². The maximum absolute atomic E-state index is 10.9. The zero-order valence-corrected chi connectivity index (χ0v) is 11.6. The van der Waals surface area contributed by atoms with Gasteiger partial charge in [0.25, 0.3) is 5.69 Å². The molecule has 0 radical (unpaired) electrons. The smallest absolute Gasteiger partial charge is 0.272 e. The minimum Gasteiger partial charge on any atom is -0.497 e. The van der Waals surface area contributed by atoms with Crippen LogP contribution in [-0.4, -0.2) is 16.9 Å². The molecule has 94 valence electrons. The Kier molecular flexibility index (Phi) is 5.41. The van der Waals surface area contributed by atoms with Gasteiger partial charge < -0.3 is 4.74 Å². The van der Waals surface area contributed by atoms with Crippen LogP contribution < -0.4 is 4.74 Å². The third-order valence-electron chi connectivity index (χ3n) is 2.53. The zero-order valence-electron chi connectivity index (χ0n) is 9.98. The topological polar surface area (TPSA) is 52.4 Å². The van der Waals surface area contributed by atoms with Gasteiger partial charge in [-0.15, -0.1) is 0 Å². The molecule has 17 heavy (non-hydrogen) atoms. The Labute approximate surface area is 109 Å². The summed E-state index contributed by atoms with van der Waals surface area (Å²) in [6.45, 7) is 2.09. The third kappa shape index (κ3) is 4.00. The molecular weight excluding hydrogens is 286 g/mol. The van der Waals surface area contributed by atoms with Crippen LogP contribution in [0.1, 0.15) is 25.3 Å². The normalized spacial score (nSPS) is 12.2. The van der Waals surface area contributed by atoms with Crippen molar-refractivity contribution in [1.82, 2.24) is 0 Å². The summed E-state index contributed by atoms with van der Waals surface area (Å²) in [6.07, 6.45) is 2.68. The van der Waals surface area contributed by atoms with Crippen LogP contribution in [0.4, 0.5) is 5.69 Å². The molecule has 0 spiro atoms. The largest absolute Gasteiger partial charge is 0.497 e. The second-order valence-corrected chi connectivity index (χ2v) is 5.14. The number of methoxy groups -OCH3 is 1. The summed E-state index contributed by atoms with van der Waals surface area (Å²) in [7, 11) is 1.56. The maximum atomic E-state index is 10.9. The highest BCUT2D eigenvalue weighted by molar-refractivity contribution is 9.09. The molecule has 1 aromatic rings. The monoisotopic (exact) mass is 301 g/mol. The summed E-state index contributed by atoms with van der Waals surface area (Å²) >= 11 is 3.54. The van der Waals surface area contributed by atoms with Crippen LogP contribution in [0.25, 0.3) is 0 Å². The van der Waals surface area contributed by atoms with Gasteiger partial charge >= 0.3 is 0 Å². The number of benzene rings is 1. The average Bonchev–Trinajstić information content (AvgIpc) is 2.28. The molecule has 0 fully saturated rings. The van der Waals surface area contributed by atoms with Crippen LogP contribution in [0, 0.1) is 10.1 Å². The SMILES string of the molecule is CCCC(Br)Cc1cc(OC)ccc1[N+](=O)[O-]. The average molecular weight is 302 g/mol. The highest BCUT2D eigenvalue weighted by Crippen LogP contribution is 2.27. The number of nitro groups is 1. The summed E-state index contributed by atoms with van der Waals surface area (Å²) in [5, 5.41) is 10.9. The zero-order chi connectivity index (χ0) is 12.8. The number of halogens is 1. The maximum Gasteiger partial charge on any atom is 0.272 e. The van der Waals surface area contributed by atoms with Gasteiger partial charge in [0.05, 0.1) is 12.0 Å². The van der Waals surface area contributed by atoms with Gasteiger partial charge in [-0.2, -0.15) is 0 Å². The van der Waals surface area contributed by atoms with Gasteiger partial charge in [-0.05, 0) is 25.0 Å². The van der Waals surface area contributed by atoms with Crippen molar-refractivity contribution < 1.29 is 9.66 Å². The van der Waals surface area contributed by atoms with Crippen molar-refractivity contribution in [2.45, 2.75) is 31.0 Å². The molecule has 1 unspecified atom stereocenters. The molecule has 0 aliphatic heterocycles. The molecule has 5 heteroatoms. The lowest BCUT2D eigenvalue weighted by atomic mass is 10.0. The molecule has 4 nitrogen and oxygen atoms in total. The minimum absolute atomic E-state index is 0.159. The standard InChI is InChI=1S/C12H16BrNO3/c1-3-4-10(13)7-9-8-11(17-2)5-6-12(9)14(15)16/h5-6,8,10H,3-4,7H2,1-2H3. The molecule has 0 aromatic heterocycles. The van der Waals surface area contributed by atoms with Gasteiger partial charge in [0.15, 0.2) is 0 Å². The quantitative estimate of drug-likeness (QED) is 0.457. The Hall–Kier alpha value is -1.10. The van der Waals surface area contributed by atoms with Crippen molar-refractivity contribution in [2.75, 3.05) is 7.11 Å². The predicted molar refractivity (Wildman–Crippen MR) is 71.0 cm³/mol. The van der Waals surface area contributed by atoms with Crippen LogP contribution in [0.15, 0.2) is 18.2 Å². The first-order chi connectivity index (χ1) is 8.08. The van der Waals surface area contributed by atoms with E-state index in [4.69, 9.17) is 4.74 Å². The van der Waals surface area contributed by atoms with E-state index in [1.807, 2.05) is 0 Å². The lowest BCUT2D eigenvalue weighted by molar-refractivity contribution is -0.385. The van der Waals surface area contributed by atoms with Crippen molar-refractivity contribution in [3.63, 3.8) is 0 Å². The molecule has 0 amide bonds. The molecular formula is C12H16BrNO3. The van der Waals surface area contributed by atoms with Crippen LogP contribution >= 0.6 is 15.9 Å². The molecule has 1 atom stereocenters. The van der Waals surface area contributed by atoms with E-state index in [0.29, 0.717) is 17.7 Å². The van der Waals surface area contributed by atoms with Gasteiger partial charge in [-0.25, -0.2) is 0 Å². The highest BCUT2D eigenvalue weighted by atomic mass is 79.9. The summed E-state index contributed by atoms with van der Waals surface area (Å²) in [5.74, 6) is 0.654. The molecule has 0 bridgehead atoms. The van der Waals surface area contributed by atoms with E-state index in [9.17, 15) is 10.1 Å².